The smallest absolute Gasteiger partial charge is 0.269 e. The molecule has 37 heavy (non-hydrogen) atoms. The Balaban J connectivity index is 1.38. The fraction of sp³-hybridized carbons (Fsp3) is 0.464. The van der Waals surface area contributed by atoms with E-state index in [-0.39, 0.29) is 5.91 Å². The Hall–Kier alpha value is -2.94. The molecular formula is C28H33ClN6O2. The highest BCUT2D eigenvalue weighted by molar-refractivity contribution is 6.33. The normalized spacial score (nSPS) is 18.4. The summed E-state index contributed by atoms with van der Waals surface area (Å²) in [5, 5.41) is 8.57. The molecule has 194 valence electrons. The molecule has 0 bridgehead atoms. The first kappa shape index (κ1) is 24.4. The number of nitrogens with one attached hydrogen (secondary N) is 1. The van der Waals surface area contributed by atoms with Crippen LogP contribution in [0.15, 0.2) is 30.5 Å². The van der Waals surface area contributed by atoms with E-state index in [0.29, 0.717) is 16.8 Å². The van der Waals surface area contributed by atoms with Gasteiger partial charge in [-0.3, -0.25) is 14.5 Å². The highest BCUT2D eigenvalue weighted by Crippen LogP contribution is 2.42. The van der Waals surface area contributed by atoms with Gasteiger partial charge in [-0.15, -0.1) is 0 Å². The molecule has 2 aromatic heterocycles. The minimum atomic E-state index is -0.201. The Bertz CT molecular complexity index is 1320. The zero-order valence-electron chi connectivity index (χ0n) is 21.5. The Morgan fingerprint density at radius 2 is 2.00 bits per heavy atom. The van der Waals surface area contributed by atoms with E-state index in [4.69, 9.17) is 21.4 Å². The lowest BCUT2D eigenvalue weighted by atomic mass is 9.96. The molecule has 0 spiro atoms. The van der Waals surface area contributed by atoms with Crippen LogP contribution >= 0.6 is 11.6 Å². The SMILES string of the molecule is CNC(=O)c1ccc(-c2cc3c(cc2Cl)N(c2nn(C4CCOCC4)c4c2CN(C)CC4)CCC3)cn1. The molecule has 1 amide bonds. The summed E-state index contributed by atoms with van der Waals surface area (Å²) in [6, 6.07) is 8.33. The average Bonchev–Trinajstić information content (AvgIpc) is 3.31. The molecule has 1 N–H and O–H groups in total. The van der Waals surface area contributed by atoms with Crippen molar-refractivity contribution >= 4 is 29.0 Å². The molecule has 3 aliphatic heterocycles. The van der Waals surface area contributed by atoms with Gasteiger partial charge in [0.05, 0.1) is 11.1 Å². The lowest BCUT2D eigenvalue weighted by Gasteiger charge is -2.32. The highest BCUT2D eigenvalue weighted by atomic mass is 35.5. The molecule has 8 nitrogen and oxygen atoms in total. The van der Waals surface area contributed by atoms with Gasteiger partial charge in [-0.1, -0.05) is 17.7 Å². The predicted molar refractivity (Wildman–Crippen MR) is 145 cm³/mol. The third-order valence-electron chi connectivity index (χ3n) is 7.87. The van der Waals surface area contributed by atoms with Gasteiger partial charge in [0.2, 0.25) is 0 Å². The molecule has 0 radical (unpaired) electrons. The van der Waals surface area contributed by atoms with E-state index < -0.39 is 0 Å². The van der Waals surface area contributed by atoms with Crippen molar-refractivity contribution in [3.05, 3.63) is 58.0 Å². The van der Waals surface area contributed by atoms with E-state index in [2.05, 4.69) is 44.0 Å². The molecular weight excluding hydrogens is 488 g/mol. The summed E-state index contributed by atoms with van der Waals surface area (Å²) < 4.78 is 7.96. The zero-order valence-corrected chi connectivity index (χ0v) is 22.2. The second-order valence-electron chi connectivity index (χ2n) is 10.3. The second kappa shape index (κ2) is 10.1. The minimum Gasteiger partial charge on any atom is -0.381 e. The zero-order chi connectivity index (χ0) is 25.5. The third-order valence-corrected chi connectivity index (χ3v) is 8.18. The summed E-state index contributed by atoms with van der Waals surface area (Å²) in [5.74, 6) is 0.877. The number of hydrogen-bond donors (Lipinski definition) is 1. The number of rotatable bonds is 4. The Morgan fingerprint density at radius 3 is 2.76 bits per heavy atom. The van der Waals surface area contributed by atoms with Crippen LogP contribution in [0.4, 0.5) is 11.5 Å². The molecule has 1 aromatic carbocycles. The second-order valence-corrected chi connectivity index (χ2v) is 10.7. The Labute approximate surface area is 222 Å². The van der Waals surface area contributed by atoms with Crippen molar-refractivity contribution in [2.24, 2.45) is 0 Å². The van der Waals surface area contributed by atoms with E-state index in [0.717, 1.165) is 87.6 Å². The number of benzene rings is 1. The summed E-state index contributed by atoms with van der Waals surface area (Å²) in [6.45, 7) is 4.50. The molecule has 1 saturated heterocycles. The first-order valence-corrected chi connectivity index (χ1v) is 13.6. The monoisotopic (exact) mass is 520 g/mol. The summed E-state index contributed by atoms with van der Waals surface area (Å²) >= 11 is 6.89. The number of hydrogen-bond acceptors (Lipinski definition) is 6. The van der Waals surface area contributed by atoms with Gasteiger partial charge in [0.1, 0.15) is 5.69 Å². The number of likely N-dealkylation sites (N-methyl/N-ethyl adjacent to an activating group) is 1. The number of ether oxygens (including phenoxy) is 1. The van der Waals surface area contributed by atoms with E-state index in [1.807, 2.05) is 6.07 Å². The van der Waals surface area contributed by atoms with Gasteiger partial charge in [-0.05, 0) is 56.5 Å². The number of halogens is 1. The standard InChI is InChI=1S/C28H33ClN6O2/c1-30-28(36)24-6-5-19(16-31-24)21-14-18-4-3-10-34(26(18)15-23(21)29)27-22-17-33(2)11-7-25(22)35(32-27)20-8-12-37-13-9-20/h5-6,14-16,20H,3-4,7-13,17H2,1-2H3,(H,30,36). The van der Waals surface area contributed by atoms with E-state index in [1.54, 1.807) is 19.3 Å². The first-order valence-electron chi connectivity index (χ1n) is 13.2. The predicted octanol–water partition coefficient (Wildman–Crippen LogP) is 4.38. The molecule has 3 aliphatic rings. The number of pyridine rings is 1. The Morgan fingerprint density at radius 1 is 1.16 bits per heavy atom. The van der Waals surface area contributed by atoms with Gasteiger partial charge in [-0.2, -0.15) is 5.10 Å². The van der Waals surface area contributed by atoms with Crippen molar-refractivity contribution < 1.29 is 9.53 Å². The Kier molecular flexibility index (Phi) is 6.65. The van der Waals surface area contributed by atoms with Crippen LogP contribution in [0, 0.1) is 0 Å². The molecule has 0 atom stereocenters. The van der Waals surface area contributed by atoms with Gasteiger partial charge < -0.3 is 19.9 Å². The fourth-order valence-electron chi connectivity index (χ4n) is 5.88. The number of carbonyl (C=O) groups excluding carboxylic acids is 1. The first-order chi connectivity index (χ1) is 18.0. The number of anilines is 2. The quantitative estimate of drug-likeness (QED) is 0.550. The van der Waals surface area contributed by atoms with Gasteiger partial charge in [0.25, 0.3) is 5.91 Å². The summed E-state index contributed by atoms with van der Waals surface area (Å²) in [6.07, 6.45) is 6.82. The summed E-state index contributed by atoms with van der Waals surface area (Å²) in [5.41, 5.74) is 7.37. The molecule has 5 heterocycles. The third kappa shape index (κ3) is 4.51. The molecule has 0 aliphatic carbocycles. The molecule has 1 fully saturated rings. The van der Waals surface area contributed by atoms with Crippen molar-refractivity contribution in [3.8, 4) is 11.1 Å². The van der Waals surface area contributed by atoms with Gasteiger partial charge in [0.15, 0.2) is 5.82 Å². The van der Waals surface area contributed by atoms with Gasteiger partial charge >= 0.3 is 0 Å². The van der Waals surface area contributed by atoms with E-state index in [9.17, 15) is 4.79 Å². The highest BCUT2D eigenvalue weighted by Gasteiger charge is 2.32. The van der Waals surface area contributed by atoms with Crippen LogP contribution in [-0.4, -0.2) is 66.0 Å². The van der Waals surface area contributed by atoms with Crippen molar-refractivity contribution in [3.63, 3.8) is 0 Å². The number of fused-ring (bicyclic) bond motifs is 2. The maximum atomic E-state index is 11.9. The maximum Gasteiger partial charge on any atom is 0.269 e. The fourth-order valence-corrected chi connectivity index (χ4v) is 6.14. The van der Waals surface area contributed by atoms with Crippen LogP contribution in [-0.2, 0) is 24.1 Å². The van der Waals surface area contributed by atoms with E-state index >= 15 is 0 Å². The number of amides is 1. The lowest BCUT2D eigenvalue weighted by Crippen LogP contribution is -2.30. The number of aryl methyl sites for hydroxylation is 1. The van der Waals surface area contributed by atoms with Crippen molar-refractivity contribution in [2.75, 3.05) is 45.3 Å². The number of nitrogens with zero attached hydrogens (tertiary/aromatic N) is 5. The summed E-state index contributed by atoms with van der Waals surface area (Å²) in [4.78, 5) is 21.0. The van der Waals surface area contributed by atoms with Crippen LogP contribution < -0.4 is 10.2 Å². The molecule has 9 heteroatoms. The maximum absolute atomic E-state index is 11.9. The van der Waals surface area contributed by atoms with E-state index in [1.165, 1.54) is 16.8 Å². The van der Waals surface area contributed by atoms with Crippen LogP contribution in [0.1, 0.15) is 52.6 Å². The molecule has 0 unspecified atom stereocenters. The van der Waals surface area contributed by atoms with Crippen LogP contribution in [0.3, 0.4) is 0 Å². The lowest BCUT2D eigenvalue weighted by molar-refractivity contribution is 0.0651. The van der Waals surface area contributed by atoms with Crippen LogP contribution in [0.2, 0.25) is 5.02 Å². The van der Waals surface area contributed by atoms with Crippen LogP contribution in [0.25, 0.3) is 11.1 Å². The number of aromatic nitrogens is 3. The van der Waals surface area contributed by atoms with Crippen molar-refractivity contribution in [1.29, 1.82) is 0 Å². The largest absolute Gasteiger partial charge is 0.381 e. The molecule has 3 aromatic rings. The molecule has 6 rings (SSSR count). The van der Waals surface area contributed by atoms with Crippen LogP contribution in [0.5, 0.6) is 0 Å². The van der Waals surface area contributed by atoms with Gasteiger partial charge in [0, 0.05) is 80.6 Å². The number of carbonyl (C=O) groups is 1. The van der Waals surface area contributed by atoms with Crippen molar-refractivity contribution in [1.82, 2.24) is 25.0 Å². The topological polar surface area (TPSA) is 75.5 Å². The minimum absolute atomic E-state index is 0.201. The summed E-state index contributed by atoms with van der Waals surface area (Å²) in [7, 11) is 3.79. The average molecular weight is 521 g/mol. The molecule has 0 saturated carbocycles. The van der Waals surface area contributed by atoms with Gasteiger partial charge in [-0.25, -0.2) is 0 Å². The van der Waals surface area contributed by atoms with Crippen molar-refractivity contribution in [2.45, 2.75) is 44.7 Å².